The summed E-state index contributed by atoms with van der Waals surface area (Å²) in [6.07, 6.45) is 5.74. The zero-order valence-electron chi connectivity index (χ0n) is 15.7. The number of aromatic nitrogens is 3. The number of imidazole rings is 1. The summed E-state index contributed by atoms with van der Waals surface area (Å²) in [6.45, 7) is 2.23. The Bertz CT molecular complexity index is 978. The summed E-state index contributed by atoms with van der Waals surface area (Å²) in [5.41, 5.74) is 3.32. The topological polar surface area (TPSA) is 46.0 Å². The van der Waals surface area contributed by atoms with Gasteiger partial charge < -0.3 is 14.8 Å². The number of nitrogens with one attached hydrogen (secondary N) is 1. The minimum absolute atomic E-state index is 0. The van der Waals surface area contributed by atoms with E-state index in [4.69, 9.17) is 0 Å². The maximum atomic E-state index is 4.65. The van der Waals surface area contributed by atoms with Gasteiger partial charge in [0.05, 0.1) is 22.6 Å². The molecule has 2 unspecified atom stereocenters. The molecule has 4 rings (SSSR count). The van der Waals surface area contributed by atoms with Crippen LogP contribution in [0.4, 0.5) is 10.8 Å². The van der Waals surface area contributed by atoms with Crippen molar-refractivity contribution in [3.05, 3.63) is 72.8 Å². The Morgan fingerprint density at radius 2 is 1.89 bits per heavy atom. The van der Waals surface area contributed by atoms with Crippen LogP contribution in [-0.2, 0) is 0 Å². The Hall–Kier alpha value is -2.70. The number of anilines is 2. The van der Waals surface area contributed by atoms with E-state index in [0.717, 1.165) is 16.3 Å². The number of rotatable bonds is 6. The Labute approximate surface area is 164 Å². The van der Waals surface area contributed by atoms with Crippen LogP contribution in [0, 0.1) is 0 Å². The van der Waals surface area contributed by atoms with Crippen molar-refractivity contribution in [2.24, 2.45) is 0 Å². The molecule has 0 aliphatic rings. The van der Waals surface area contributed by atoms with E-state index in [0.29, 0.717) is 6.04 Å². The average Bonchev–Trinajstić information content (AvgIpc) is 3.32. The van der Waals surface area contributed by atoms with Crippen LogP contribution in [0.5, 0.6) is 0 Å². The van der Waals surface area contributed by atoms with E-state index < -0.39 is 0 Å². The smallest absolute Gasteiger partial charge is 0.188 e. The van der Waals surface area contributed by atoms with Crippen molar-refractivity contribution in [1.29, 1.82) is 0 Å². The first-order chi connectivity index (χ1) is 13.1. The second-order valence-electron chi connectivity index (χ2n) is 6.89. The third kappa shape index (κ3) is 3.72. The Morgan fingerprint density at radius 3 is 2.56 bits per heavy atom. The fourth-order valence-corrected chi connectivity index (χ4v) is 4.11. The number of fused-ring (bicyclic) bond motifs is 1. The lowest BCUT2D eigenvalue weighted by Crippen LogP contribution is -2.34. The van der Waals surface area contributed by atoms with Crippen LogP contribution in [-0.4, -0.2) is 39.6 Å². The minimum atomic E-state index is 0. The van der Waals surface area contributed by atoms with Crippen molar-refractivity contribution in [2.45, 2.75) is 19.0 Å². The second kappa shape index (κ2) is 7.50. The molecule has 0 saturated carbocycles. The van der Waals surface area contributed by atoms with Crippen LogP contribution in [0.1, 0.15) is 20.0 Å². The molecule has 4 aromatic rings. The van der Waals surface area contributed by atoms with Crippen molar-refractivity contribution in [3.63, 3.8) is 0 Å². The van der Waals surface area contributed by atoms with Crippen LogP contribution in [0.25, 0.3) is 10.2 Å². The molecule has 0 radical (unpaired) electrons. The molecule has 6 heteroatoms. The van der Waals surface area contributed by atoms with Gasteiger partial charge in [0.15, 0.2) is 5.13 Å². The quantitative estimate of drug-likeness (QED) is 0.511. The van der Waals surface area contributed by atoms with Gasteiger partial charge in [-0.1, -0.05) is 35.6 Å². The fourth-order valence-electron chi connectivity index (χ4n) is 3.23. The number of benzene rings is 2. The normalized spacial score (nSPS) is 13.8. The molecule has 2 aromatic carbocycles. The molecule has 0 bridgehead atoms. The van der Waals surface area contributed by atoms with E-state index in [2.05, 4.69) is 76.1 Å². The van der Waals surface area contributed by atoms with Gasteiger partial charge in [-0.05, 0) is 50.8 Å². The molecule has 2 heterocycles. The lowest BCUT2D eigenvalue weighted by molar-refractivity contribution is 0.252. The molecule has 0 aliphatic carbocycles. The van der Waals surface area contributed by atoms with Crippen LogP contribution < -0.4 is 5.32 Å². The van der Waals surface area contributed by atoms with E-state index in [1.165, 1.54) is 10.3 Å². The number of para-hydroxylation sites is 1. The highest BCUT2D eigenvalue weighted by Gasteiger charge is 2.22. The van der Waals surface area contributed by atoms with Gasteiger partial charge in [-0.15, -0.1) is 0 Å². The maximum absolute atomic E-state index is 4.65. The summed E-state index contributed by atoms with van der Waals surface area (Å²) in [5, 5.41) is 4.34. The zero-order chi connectivity index (χ0) is 18.8. The summed E-state index contributed by atoms with van der Waals surface area (Å²) in [5.74, 6) is 0. The lowest BCUT2D eigenvalue weighted by atomic mass is 9.99. The van der Waals surface area contributed by atoms with Crippen LogP contribution >= 0.6 is 11.3 Å². The predicted octanol–water partition coefficient (Wildman–Crippen LogP) is 5.02. The molecule has 0 aliphatic heterocycles. The number of thiazole rings is 1. The number of hydrogen-bond acceptors (Lipinski definition) is 5. The largest absolute Gasteiger partial charge is 0.332 e. The summed E-state index contributed by atoms with van der Waals surface area (Å²) < 4.78 is 3.36. The predicted molar refractivity (Wildman–Crippen MR) is 115 cm³/mol. The first-order valence-corrected chi connectivity index (χ1v) is 9.80. The van der Waals surface area contributed by atoms with Crippen molar-refractivity contribution in [2.75, 3.05) is 19.4 Å². The van der Waals surface area contributed by atoms with Gasteiger partial charge in [0, 0.05) is 25.5 Å². The monoisotopic (exact) mass is 379 g/mol. The van der Waals surface area contributed by atoms with Gasteiger partial charge in [0.2, 0.25) is 0 Å². The first-order valence-electron chi connectivity index (χ1n) is 8.98. The summed E-state index contributed by atoms with van der Waals surface area (Å²) in [6, 6.07) is 17.3. The van der Waals surface area contributed by atoms with Crippen molar-refractivity contribution in [3.8, 4) is 0 Å². The lowest BCUT2D eigenvalue weighted by Gasteiger charge is -2.30. The number of hydrogen-bond donors (Lipinski definition) is 1. The molecule has 5 nitrogen and oxygen atoms in total. The molecule has 0 fully saturated rings. The van der Waals surface area contributed by atoms with Crippen molar-refractivity contribution < 1.29 is 1.43 Å². The van der Waals surface area contributed by atoms with Gasteiger partial charge in [-0.25, -0.2) is 9.97 Å². The van der Waals surface area contributed by atoms with E-state index in [-0.39, 0.29) is 7.47 Å². The number of likely N-dealkylation sites (N-methyl/N-ethyl adjacent to an activating group) is 1. The van der Waals surface area contributed by atoms with Gasteiger partial charge in [-0.3, -0.25) is 0 Å². The standard InChI is InChI=1S/C21H23N5S.H2/c1-15(25(2)3)20(26-13-12-22-14-26)16-8-10-17(11-9-16)23-21-24-18-6-4-5-7-19(18)27-21;/h4-15,20H,1-3H3,(H,23,24);1H. The van der Waals surface area contributed by atoms with Crippen molar-refractivity contribution in [1.82, 2.24) is 19.4 Å². The van der Waals surface area contributed by atoms with E-state index in [9.17, 15) is 0 Å². The summed E-state index contributed by atoms with van der Waals surface area (Å²) in [7, 11) is 4.22. The van der Waals surface area contributed by atoms with Crippen LogP contribution in [0.3, 0.4) is 0 Å². The number of nitrogens with zero attached hydrogens (tertiary/aromatic N) is 4. The van der Waals surface area contributed by atoms with E-state index >= 15 is 0 Å². The molecular formula is C21H25N5S. The SMILES string of the molecule is CC(C(c1ccc(Nc2nc3ccccc3s2)cc1)n1ccnc1)N(C)C.[HH]. The molecule has 0 saturated heterocycles. The molecule has 2 atom stereocenters. The molecule has 140 valence electrons. The van der Waals surface area contributed by atoms with Crippen LogP contribution in [0.2, 0.25) is 0 Å². The van der Waals surface area contributed by atoms with Gasteiger partial charge >= 0.3 is 0 Å². The first kappa shape index (κ1) is 17.7. The van der Waals surface area contributed by atoms with Gasteiger partial charge in [-0.2, -0.15) is 0 Å². The fraction of sp³-hybridized carbons (Fsp3) is 0.238. The average molecular weight is 380 g/mol. The zero-order valence-corrected chi connectivity index (χ0v) is 16.5. The van der Waals surface area contributed by atoms with Crippen molar-refractivity contribution >= 4 is 32.4 Å². The Balaban J connectivity index is 0.00000225. The van der Waals surface area contributed by atoms with E-state index in [1.807, 2.05) is 36.9 Å². The summed E-state index contributed by atoms with van der Waals surface area (Å²) in [4.78, 5) is 11.1. The summed E-state index contributed by atoms with van der Waals surface area (Å²) >= 11 is 1.67. The maximum Gasteiger partial charge on any atom is 0.188 e. The minimum Gasteiger partial charge on any atom is -0.332 e. The Kier molecular flexibility index (Phi) is 4.92. The molecule has 1 N–H and O–H groups in total. The van der Waals surface area contributed by atoms with E-state index in [1.54, 1.807) is 11.3 Å². The highest BCUT2D eigenvalue weighted by molar-refractivity contribution is 7.22. The molecule has 0 spiro atoms. The highest BCUT2D eigenvalue weighted by Crippen LogP contribution is 2.30. The van der Waals surface area contributed by atoms with Crippen LogP contribution in [0.15, 0.2) is 67.3 Å². The van der Waals surface area contributed by atoms with Gasteiger partial charge in [0.25, 0.3) is 0 Å². The molecule has 2 aromatic heterocycles. The highest BCUT2D eigenvalue weighted by atomic mass is 32.1. The Morgan fingerprint density at radius 1 is 1.11 bits per heavy atom. The third-order valence-corrected chi connectivity index (χ3v) is 5.87. The van der Waals surface area contributed by atoms with Gasteiger partial charge in [0.1, 0.15) is 0 Å². The molecule has 27 heavy (non-hydrogen) atoms. The molecular weight excluding hydrogens is 354 g/mol. The second-order valence-corrected chi connectivity index (χ2v) is 7.92. The molecule has 0 amide bonds. The third-order valence-electron chi connectivity index (χ3n) is 4.91.